The van der Waals surface area contributed by atoms with E-state index in [-0.39, 0.29) is 10.9 Å². The molecule has 1 atom stereocenters. The zero-order chi connectivity index (χ0) is 14.7. The standard InChI is InChI=1S/C13H22N4O3S/c18-21(19,16-6-10-2-1-5-20-9-10)13-11(8-15-17-13)7-14-12-3-4-12/h8,10,12,14,16H,1-7,9H2,(H,15,17). The Balaban J connectivity index is 1.59. The molecule has 7 nitrogen and oxygen atoms in total. The van der Waals surface area contributed by atoms with Crippen molar-refractivity contribution >= 4 is 10.0 Å². The Morgan fingerprint density at radius 1 is 1.38 bits per heavy atom. The fourth-order valence-corrected chi connectivity index (χ4v) is 3.71. The molecule has 1 saturated heterocycles. The fraction of sp³-hybridized carbons (Fsp3) is 0.769. The van der Waals surface area contributed by atoms with Gasteiger partial charge in [-0.25, -0.2) is 13.1 Å². The summed E-state index contributed by atoms with van der Waals surface area (Å²) in [6.45, 7) is 2.35. The van der Waals surface area contributed by atoms with E-state index in [2.05, 4.69) is 20.2 Å². The van der Waals surface area contributed by atoms with Crippen LogP contribution in [0, 0.1) is 5.92 Å². The molecule has 2 fully saturated rings. The summed E-state index contributed by atoms with van der Waals surface area (Å²) in [4.78, 5) is 0. The van der Waals surface area contributed by atoms with Gasteiger partial charge in [-0.15, -0.1) is 0 Å². The first-order valence-electron chi connectivity index (χ1n) is 7.48. The molecule has 1 saturated carbocycles. The third-order valence-corrected chi connectivity index (χ3v) is 5.36. The van der Waals surface area contributed by atoms with Crippen molar-refractivity contribution in [1.82, 2.24) is 20.2 Å². The van der Waals surface area contributed by atoms with Crippen molar-refractivity contribution in [3.05, 3.63) is 11.8 Å². The summed E-state index contributed by atoms with van der Waals surface area (Å²) in [6, 6.07) is 0.530. The Hall–Kier alpha value is -0.960. The number of nitrogens with one attached hydrogen (secondary N) is 3. The minimum absolute atomic E-state index is 0.173. The van der Waals surface area contributed by atoms with Gasteiger partial charge in [-0.05, 0) is 31.6 Å². The minimum atomic E-state index is -3.54. The Bertz CT molecular complexity index is 562. The zero-order valence-corrected chi connectivity index (χ0v) is 12.8. The predicted octanol–water partition coefficient (Wildman–Crippen LogP) is 0.367. The molecule has 3 N–H and O–H groups in total. The number of rotatable bonds is 7. The highest BCUT2D eigenvalue weighted by atomic mass is 32.2. The maximum atomic E-state index is 12.4. The molecule has 0 bridgehead atoms. The highest BCUT2D eigenvalue weighted by molar-refractivity contribution is 7.89. The van der Waals surface area contributed by atoms with E-state index in [9.17, 15) is 8.42 Å². The van der Waals surface area contributed by atoms with Gasteiger partial charge in [0.1, 0.15) is 0 Å². The molecule has 0 spiro atoms. The van der Waals surface area contributed by atoms with Crippen LogP contribution in [0.3, 0.4) is 0 Å². The van der Waals surface area contributed by atoms with Gasteiger partial charge in [-0.2, -0.15) is 5.10 Å². The number of sulfonamides is 1. The van der Waals surface area contributed by atoms with Gasteiger partial charge in [-0.1, -0.05) is 0 Å². The Morgan fingerprint density at radius 3 is 2.95 bits per heavy atom. The van der Waals surface area contributed by atoms with Crippen LogP contribution in [0.15, 0.2) is 11.2 Å². The van der Waals surface area contributed by atoms with Crippen LogP contribution in [0.4, 0.5) is 0 Å². The number of aromatic nitrogens is 2. The lowest BCUT2D eigenvalue weighted by atomic mass is 10.0. The summed E-state index contributed by atoms with van der Waals surface area (Å²) in [5, 5.41) is 9.96. The average Bonchev–Trinajstić information content (AvgIpc) is 3.20. The molecule has 1 aliphatic carbocycles. The molecular formula is C13H22N4O3S. The van der Waals surface area contributed by atoms with Crippen molar-refractivity contribution in [2.24, 2.45) is 5.92 Å². The first-order valence-corrected chi connectivity index (χ1v) is 8.96. The fourth-order valence-electron chi connectivity index (χ4n) is 2.47. The molecule has 3 rings (SSSR count). The first kappa shape index (κ1) is 15.0. The largest absolute Gasteiger partial charge is 0.381 e. The van der Waals surface area contributed by atoms with Gasteiger partial charge in [-0.3, -0.25) is 5.10 Å². The second-order valence-corrected chi connectivity index (χ2v) is 7.52. The van der Waals surface area contributed by atoms with Crippen LogP contribution in [0.25, 0.3) is 0 Å². The van der Waals surface area contributed by atoms with Gasteiger partial charge in [0.2, 0.25) is 0 Å². The molecule has 0 aromatic carbocycles. The van der Waals surface area contributed by atoms with Crippen molar-refractivity contribution in [1.29, 1.82) is 0 Å². The second-order valence-electron chi connectivity index (χ2n) is 5.81. The van der Waals surface area contributed by atoms with E-state index in [1.807, 2.05) is 0 Å². The van der Waals surface area contributed by atoms with Gasteiger partial charge in [0.05, 0.1) is 12.8 Å². The zero-order valence-electron chi connectivity index (χ0n) is 12.0. The van der Waals surface area contributed by atoms with E-state index in [1.54, 1.807) is 6.20 Å². The van der Waals surface area contributed by atoms with E-state index >= 15 is 0 Å². The SMILES string of the molecule is O=S(=O)(NCC1CCCOC1)c1[nH]ncc1CNC1CC1. The van der Waals surface area contributed by atoms with Gasteiger partial charge in [0.15, 0.2) is 5.03 Å². The molecule has 0 radical (unpaired) electrons. The number of aromatic amines is 1. The molecule has 1 unspecified atom stereocenters. The normalized spacial score (nSPS) is 23.3. The van der Waals surface area contributed by atoms with E-state index < -0.39 is 10.0 Å². The van der Waals surface area contributed by atoms with Gasteiger partial charge >= 0.3 is 0 Å². The monoisotopic (exact) mass is 314 g/mol. The van der Waals surface area contributed by atoms with Crippen molar-refractivity contribution in [2.75, 3.05) is 19.8 Å². The number of hydrogen-bond acceptors (Lipinski definition) is 5. The summed E-state index contributed by atoms with van der Waals surface area (Å²) < 4.78 is 32.8. The summed E-state index contributed by atoms with van der Waals surface area (Å²) in [6.07, 6.45) is 5.90. The first-order chi connectivity index (χ1) is 10.1. The highest BCUT2D eigenvalue weighted by Crippen LogP contribution is 2.20. The molecule has 118 valence electrons. The minimum Gasteiger partial charge on any atom is -0.381 e. The van der Waals surface area contributed by atoms with Crippen LogP contribution in [-0.4, -0.2) is 44.4 Å². The van der Waals surface area contributed by atoms with Crippen molar-refractivity contribution < 1.29 is 13.2 Å². The molecule has 8 heteroatoms. The lowest BCUT2D eigenvalue weighted by molar-refractivity contribution is 0.0568. The predicted molar refractivity (Wildman–Crippen MR) is 77.2 cm³/mol. The number of H-pyrrole nitrogens is 1. The van der Waals surface area contributed by atoms with Gasteiger partial charge in [0.25, 0.3) is 10.0 Å². The summed E-state index contributed by atoms with van der Waals surface area (Å²) in [7, 11) is -3.54. The molecule has 21 heavy (non-hydrogen) atoms. The van der Waals surface area contributed by atoms with E-state index in [0.717, 1.165) is 19.4 Å². The van der Waals surface area contributed by atoms with Crippen LogP contribution >= 0.6 is 0 Å². The molecule has 1 aromatic heterocycles. The van der Waals surface area contributed by atoms with Crippen molar-refractivity contribution in [2.45, 2.75) is 43.3 Å². The van der Waals surface area contributed by atoms with Crippen LogP contribution in [0.5, 0.6) is 0 Å². The molecule has 2 aliphatic rings. The summed E-state index contributed by atoms with van der Waals surface area (Å²) in [5.41, 5.74) is 0.689. The Kier molecular flexibility index (Phi) is 4.58. The Labute approximate surface area is 124 Å². The summed E-state index contributed by atoms with van der Waals surface area (Å²) in [5.74, 6) is 0.254. The third kappa shape index (κ3) is 4.03. The maximum absolute atomic E-state index is 12.4. The molecular weight excluding hydrogens is 292 g/mol. The topological polar surface area (TPSA) is 96.1 Å². The highest BCUT2D eigenvalue weighted by Gasteiger charge is 2.25. The molecule has 1 aliphatic heterocycles. The van der Waals surface area contributed by atoms with Crippen molar-refractivity contribution in [3.63, 3.8) is 0 Å². The number of nitrogens with zero attached hydrogens (tertiary/aromatic N) is 1. The van der Waals surface area contributed by atoms with E-state index in [4.69, 9.17) is 4.74 Å². The average molecular weight is 314 g/mol. The lowest BCUT2D eigenvalue weighted by Crippen LogP contribution is -2.34. The van der Waals surface area contributed by atoms with E-state index in [1.165, 1.54) is 12.8 Å². The molecule has 1 aromatic rings. The van der Waals surface area contributed by atoms with Crippen LogP contribution in [0.2, 0.25) is 0 Å². The quantitative estimate of drug-likeness (QED) is 0.675. The van der Waals surface area contributed by atoms with Crippen molar-refractivity contribution in [3.8, 4) is 0 Å². The third-order valence-electron chi connectivity index (χ3n) is 3.92. The maximum Gasteiger partial charge on any atom is 0.257 e. The number of ether oxygens (including phenoxy) is 1. The lowest BCUT2D eigenvalue weighted by Gasteiger charge is -2.22. The van der Waals surface area contributed by atoms with Gasteiger partial charge < -0.3 is 10.1 Å². The Morgan fingerprint density at radius 2 is 2.24 bits per heavy atom. The summed E-state index contributed by atoms with van der Waals surface area (Å²) >= 11 is 0. The van der Waals surface area contributed by atoms with Gasteiger partial charge in [0, 0.05) is 31.3 Å². The van der Waals surface area contributed by atoms with E-state index in [0.29, 0.717) is 31.3 Å². The van der Waals surface area contributed by atoms with Crippen LogP contribution < -0.4 is 10.0 Å². The molecule has 0 amide bonds. The number of hydrogen-bond donors (Lipinski definition) is 3. The second kappa shape index (κ2) is 6.43. The molecule has 2 heterocycles. The smallest absolute Gasteiger partial charge is 0.257 e. The van der Waals surface area contributed by atoms with Crippen LogP contribution in [0.1, 0.15) is 31.2 Å². The van der Waals surface area contributed by atoms with Crippen LogP contribution in [-0.2, 0) is 21.3 Å².